The van der Waals surface area contributed by atoms with Gasteiger partial charge in [-0.05, 0) is 59.5 Å². The van der Waals surface area contributed by atoms with Crippen molar-refractivity contribution >= 4 is 11.6 Å². The van der Waals surface area contributed by atoms with Gasteiger partial charge in [0.15, 0.2) is 0 Å². The van der Waals surface area contributed by atoms with E-state index in [-0.39, 0.29) is 11.2 Å². The summed E-state index contributed by atoms with van der Waals surface area (Å²) in [6.45, 7) is 2.17. The number of halogens is 1. The van der Waals surface area contributed by atoms with Crippen molar-refractivity contribution < 1.29 is 9.84 Å². The summed E-state index contributed by atoms with van der Waals surface area (Å²) in [7, 11) is 1.67. The van der Waals surface area contributed by atoms with E-state index in [4.69, 9.17) is 16.3 Å². The smallest absolute Gasteiger partial charge is 0.118 e. The van der Waals surface area contributed by atoms with E-state index in [2.05, 4.69) is 31.2 Å². The minimum Gasteiger partial charge on any atom is -0.508 e. The summed E-state index contributed by atoms with van der Waals surface area (Å²) in [5.74, 6) is 1.09. The second-order valence-electron chi connectivity index (χ2n) is 6.04. The van der Waals surface area contributed by atoms with Crippen LogP contribution >= 0.6 is 11.6 Å². The van der Waals surface area contributed by atoms with E-state index in [1.54, 1.807) is 19.2 Å². The number of aromatic hydroxyl groups is 1. The number of ether oxygens (including phenoxy) is 1. The van der Waals surface area contributed by atoms with Gasteiger partial charge < -0.3 is 9.84 Å². The molecule has 0 radical (unpaired) electrons. The molecule has 0 aliphatic heterocycles. The van der Waals surface area contributed by atoms with Crippen LogP contribution in [0.4, 0.5) is 0 Å². The monoisotopic (exact) mass is 352 g/mol. The lowest BCUT2D eigenvalue weighted by molar-refractivity contribution is 0.414. The SMILES string of the molecule is CCC(c1ccc(O)cc1)(c1ccc(Cl)cc1)c1ccc(OC)cc1. The molecule has 0 bridgehead atoms. The Balaban J connectivity index is 2.24. The highest BCUT2D eigenvalue weighted by Gasteiger charge is 2.34. The molecule has 1 atom stereocenters. The molecule has 1 N–H and O–H groups in total. The van der Waals surface area contributed by atoms with E-state index in [0.717, 1.165) is 23.3 Å². The lowest BCUT2D eigenvalue weighted by atomic mass is 9.68. The van der Waals surface area contributed by atoms with Crippen LogP contribution < -0.4 is 4.74 Å². The number of phenols is 1. The molecule has 0 saturated heterocycles. The topological polar surface area (TPSA) is 29.5 Å². The predicted molar refractivity (Wildman–Crippen MR) is 103 cm³/mol. The Morgan fingerprint density at radius 1 is 0.800 bits per heavy atom. The van der Waals surface area contributed by atoms with Crippen molar-refractivity contribution in [2.24, 2.45) is 0 Å². The maximum absolute atomic E-state index is 9.71. The first-order valence-corrected chi connectivity index (χ1v) is 8.68. The van der Waals surface area contributed by atoms with E-state index in [0.29, 0.717) is 5.02 Å². The summed E-state index contributed by atoms with van der Waals surface area (Å²) in [6, 6.07) is 23.6. The number of phenolic OH excluding ortho intramolecular Hbond substituents is 1. The second-order valence-corrected chi connectivity index (χ2v) is 6.48. The quantitative estimate of drug-likeness (QED) is 0.588. The summed E-state index contributed by atoms with van der Waals surface area (Å²) in [6.07, 6.45) is 0.867. The molecule has 3 aromatic rings. The molecular weight excluding hydrogens is 332 g/mol. The lowest BCUT2D eigenvalue weighted by Crippen LogP contribution is -2.28. The molecule has 25 heavy (non-hydrogen) atoms. The zero-order valence-corrected chi connectivity index (χ0v) is 15.1. The normalized spacial score (nSPS) is 13.2. The fourth-order valence-corrected chi connectivity index (χ4v) is 3.59. The molecule has 0 aliphatic rings. The number of methoxy groups -OCH3 is 1. The van der Waals surface area contributed by atoms with E-state index in [1.807, 2.05) is 36.4 Å². The van der Waals surface area contributed by atoms with E-state index in [9.17, 15) is 5.11 Å². The molecule has 2 nitrogen and oxygen atoms in total. The molecule has 0 heterocycles. The van der Waals surface area contributed by atoms with Gasteiger partial charge in [0.25, 0.3) is 0 Å². The van der Waals surface area contributed by atoms with Gasteiger partial charge in [0.05, 0.1) is 7.11 Å². The van der Waals surface area contributed by atoms with Gasteiger partial charge >= 0.3 is 0 Å². The van der Waals surface area contributed by atoms with Gasteiger partial charge in [-0.25, -0.2) is 0 Å². The summed E-state index contributed by atoms with van der Waals surface area (Å²) in [5, 5.41) is 10.4. The van der Waals surface area contributed by atoms with Gasteiger partial charge in [-0.3, -0.25) is 0 Å². The van der Waals surface area contributed by atoms with Crippen molar-refractivity contribution in [1.82, 2.24) is 0 Å². The summed E-state index contributed by atoms with van der Waals surface area (Å²) < 4.78 is 5.31. The molecule has 1 unspecified atom stereocenters. The first-order chi connectivity index (χ1) is 12.1. The van der Waals surface area contributed by atoms with Crippen molar-refractivity contribution in [2.45, 2.75) is 18.8 Å². The standard InChI is InChI=1S/C22H21ClO2/c1-3-22(16-4-10-19(23)11-5-16,17-6-12-20(24)13-7-17)18-8-14-21(25-2)15-9-18/h4-15,24H,3H2,1-2H3. The number of hydrogen-bond acceptors (Lipinski definition) is 2. The van der Waals surface area contributed by atoms with Crippen LogP contribution in [0.15, 0.2) is 72.8 Å². The Morgan fingerprint density at radius 3 is 1.68 bits per heavy atom. The average Bonchev–Trinajstić information content (AvgIpc) is 2.66. The lowest BCUT2D eigenvalue weighted by Gasteiger charge is -2.35. The molecular formula is C22H21ClO2. The molecule has 0 spiro atoms. The van der Waals surface area contributed by atoms with Gasteiger partial charge in [0.2, 0.25) is 0 Å². The third kappa shape index (κ3) is 3.22. The molecule has 3 aromatic carbocycles. The molecule has 0 aliphatic carbocycles. The number of benzene rings is 3. The van der Waals surface area contributed by atoms with Crippen LogP contribution in [0.3, 0.4) is 0 Å². The predicted octanol–water partition coefficient (Wildman–Crippen LogP) is 5.80. The van der Waals surface area contributed by atoms with E-state index >= 15 is 0 Å². The van der Waals surface area contributed by atoms with Crippen LogP contribution in [0.5, 0.6) is 11.5 Å². The highest BCUT2D eigenvalue weighted by molar-refractivity contribution is 6.30. The maximum Gasteiger partial charge on any atom is 0.118 e. The molecule has 3 heteroatoms. The number of hydrogen-bond donors (Lipinski definition) is 1. The van der Waals surface area contributed by atoms with Crippen molar-refractivity contribution in [1.29, 1.82) is 0 Å². The van der Waals surface area contributed by atoms with Crippen LogP contribution in [-0.2, 0) is 5.41 Å². The van der Waals surface area contributed by atoms with Crippen LogP contribution in [0.2, 0.25) is 5.02 Å². The Bertz CT molecular complexity index is 776. The largest absolute Gasteiger partial charge is 0.508 e. The molecule has 0 amide bonds. The van der Waals surface area contributed by atoms with Gasteiger partial charge in [-0.1, -0.05) is 54.9 Å². The van der Waals surface area contributed by atoms with Crippen molar-refractivity contribution in [3.8, 4) is 11.5 Å². The van der Waals surface area contributed by atoms with Crippen LogP contribution in [0.25, 0.3) is 0 Å². The van der Waals surface area contributed by atoms with Crippen molar-refractivity contribution in [3.05, 3.63) is 94.5 Å². The summed E-state index contributed by atoms with van der Waals surface area (Å²) in [5.41, 5.74) is 3.13. The Morgan fingerprint density at radius 2 is 1.24 bits per heavy atom. The first kappa shape index (κ1) is 17.4. The van der Waals surface area contributed by atoms with Crippen LogP contribution in [-0.4, -0.2) is 12.2 Å². The van der Waals surface area contributed by atoms with E-state index < -0.39 is 0 Å². The molecule has 3 rings (SSSR count). The minimum absolute atomic E-state index is 0.264. The highest BCUT2D eigenvalue weighted by atomic mass is 35.5. The molecule has 0 aromatic heterocycles. The fourth-order valence-electron chi connectivity index (χ4n) is 3.47. The highest BCUT2D eigenvalue weighted by Crippen LogP contribution is 2.43. The molecule has 128 valence electrons. The minimum atomic E-state index is -0.329. The fraction of sp³-hybridized carbons (Fsp3) is 0.182. The van der Waals surface area contributed by atoms with E-state index in [1.165, 1.54) is 5.56 Å². The van der Waals surface area contributed by atoms with Gasteiger partial charge in [-0.2, -0.15) is 0 Å². The summed E-state index contributed by atoms with van der Waals surface area (Å²) in [4.78, 5) is 0. The number of rotatable bonds is 5. The first-order valence-electron chi connectivity index (χ1n) is 8.30. The van der Waals surface area contributed by atoms with Crippen molar-refractivity contribution in [3.63, 3.8) is 0 Å². The Labute approximate surface area is 153 Å². The summed E-state index contributed by atoms with van der Waals surface area (Å²) >= 11 is 6.11. The van der Waals surface area contributed by atoms with Crippen molar-refractivity contribution in [2.75, 3.05) is 7.11 Å². The van der Waals surface area contributed by atoms with Gasteiger partial charge in [0.1, 0.15) is 11.5 Å². The Kier molecular flexibility index (Phi) is 5.00. The third-order valence-electron chi connectivity index (χ3n) is 4.81. The van der Waals surface area contributed by atoms with Gasteiger partial charge in [-0.15, -0.1) is 0 Å². The van der Waals surface area contributed by atoms with Crippen LogP contribution in [0, 0.1) is 0 Å². The average molecular weight is 353 g/mol. The third-order valence-corrected chi connectivity index (χ3v) is 5.06. The zero-order valence-electron chi connectivity index (χ0n) is 14.4. The maximum atomic E-state index is 9.71. The van der Waals surface area contributed by atoms with Gasteiger partial charge in [0, 0.05) is 10.4 Å². The van der Waals surface area contributed by atoms with Crippen LogP contribution in [0.1, 0.15) is 30.0 Å². The zero-order chi connectivity index (χ0) is 17.9. The second kappa shape index (κ2) is 7.20. The molecule has 0 fully saturated rings. The molecule has 0 saturated carbocycles. The Hall–Kier alpha value is -2.45.